The molecular weight excluding hydrogens is 214 g/mol. The molecule has 90 valence electrons. The second kappa shape index (κ2) is 5.34. The van der Waals surface area contributed by atoms with Gasteiger partial charge in [-0.05, 0) is 12.8 Å². The molecule has 1 saturated carbocycles. The maximum atomic E-state index is 11.2. The van der Waals surface area contributed by atoms with Gasteiger partial charge in [-0.2, -0.15) is 0 Å². The minimum absolute atomic E-state index is 0.254. The first-order valence-corrected chi connectivity index (χ1v) is 5.06. The quantitative estimate of drug-likeness (QED) is 0.495. The molecule has 0 aromatic heterocycles. The molecule has 0 saturated heterocycles. The van der Waals surface area contributed by atoms with E-state index in [1.54, 1.807) is 0 Å². The van der Waals surface area contributed by atoms with Crippen LogP contribution < -0.4 is 16.4 Å². The first-order valence-electron chi connectivity index (χ1n) is 5.06. The van der Waals surface area contributed by atoms with E-state index in [1.165, 1.54) is 0 Å². The van der Waals surface area contributed by atoms with Gasteiger partial charge in [0, 0.05) is 6.04 Å². The number of urea groups is 1. The number of hydrogen-bond acceptors (Lipinski definition) is 3. The van der Waals surface area contributed by atoms with Crippen molar-refractivity contribution in [2.45, 2.75) is 25.3 Å². The van der Waals surface area contributed by atoms with Crippen molar-refractivity contribution < 1.29 is 19.5 Å². The van der Waals surface area contributed by atoms with Crippen LogP contribution in [0.3, 0.4) is 0 Å². The van der Waals surface area contributed by atoms with Crippen molar-refractivity contribution in [3.8, 4) is 0 Å². The van der Waals surface area contributed by atoms with Gasteiger partial charge in [0.25, 0.3) is 0 Å². The molecule has 2 atom stereocenters. The van der Waals surface area contributed by atoms with Crippen LogP contribution in [0.15, 0.2) is 0 Å². The summed E-state index contributed by atoms with van der Waals surface area (Å²) in [5.41, 5.74) is 4.85. The molecule has 2 unspecified atom stereocenters. The second-order valence-electron chi connectivity index (χ2n) is 3.78. The molecule has 7 nitrogen and oxygen atoms in total. The van der Waals surface area contributed by atoms with Crippen molar-refractivity contribution in [3.05, 3.63) is 0 Å². The zero-order valence-electron chi connectivity index (χ0n) is 8.73. The summed E-state index contributed by atoms with van der Waals surface area (Å²) in [6, 6.07) is -0.928. The Kier molecular flexibility index (Phi) is 4.10. The first kappa shape index (κ1) is 12.3. The number of carboxylic acids is 1. The predicted octanol–water partition coefficient (Wildman–Crippen LogP) is -0.976. The van der Waals surface area contributed by atoms with Crippen LogP contribution in [0.5, 0.6) is 0 Å². The SMILES string of the molecule is NC(=O)CNC(=O)NC1CCCC1C(=O)O. The smallest absolute Gasteiger partial charge is 0.315 e. The number of nitrogens with one attached hydrogen (secondary N) is 2. The lowest BCUT2D eigenvalue weighted by molar-refractivity contribution is -0.142. The lowest BCUT2D eigenvalue weighted by Crippen LogP contribution is -2.47. The fourth-order valence-electron chi connectivity index (χ4n) is 1.82. The molecule has 7 heteroatoms. The number of aliphatic carboxylic acids is 1. The van der Waals surface area contributed by atoms with E-state index in [9.17, 15) is 14.4 Å². The molecule has 1 rings (SSSR count). The van der Waals surface area contributed by atoms with Crippen molar-refractivity contribution in [3.63, 3.8) is 0 Å². The maximum Gasteiger partial charge on any atom is 0.315 e. The number of hydrogen-bond donors (Lipinski definition) is 4. The van der Waals surface area contributed by atoms with Crippen LogP contribution in [-0.2, 0) is 9.59 Å². The van der Waals surface area contributed by atoms with E-state index in [4.69, 9.17) is 10.8 Å². The van der Waals surface area contributed by atoms with E-state index in [0.717, 1.165) is 6.42 Å². The fourth-order valence-corrected chi connectivity index (χ4v) is 1.82. The Morgan fingerprint density at radius 3 is 2.56 bits per heavy atom. The molecule has 3 amide bonds. The minimum atomic E-state index is -0.905. The normalized spacial score (nSPS) is 23.8. The largest absolute Gasteiger partial charge is 0.481 e. The Morgan fingerprint density at radius 2 is 2.00 bits per heavy atom. The Hall–Kier alpha value is -1.79. The van der Waals surface area contributed by atoms with E-state index in [0.29, 0.717) is 12.8 Å². The van der Waals surface area contributed by atoms with Crippen LogP contribution in [0.25, 0.3) is 0 Å². The summed E-state index contributed by atoms with van der Waals surface area (Å²) in [5.74, 6) is -2.09. The van der Waals surface area contributed by atoms with Gasteiger partial charge >= 0.3 is 12.0 Å². The summed E-state index contributed by atoms with van der Waals surface area (Å²) in [5, 5.41) is 13.6. The van der Waals surface area contributed by atoms with Gasteiger partial charge < -0.3 is 21.5 Å². The third-order valence-electron chi connectivity index (χ3n) is 2.57. The van der Waals surface area contributed by atoms with Gasteiger partial charge in [0.05, 0.1) is 12.5 Å². The summed E-state index contributed by atoms with van der Waals surface area (Å²) in [7, 11) is 0. The molecule has 5 N–H and O–H groups in total. The monoisotopic (exact) mass is 229 g/mol. The Labute approximate surface area is 92.4 Å². The number of rotatable bonds is 4. The Balaban J connectivity index is 2.38. The van der Waals surface area contributed by atoms with E-state index in [2.05, 4.69) is 10.6 Å². The van der Waals surface area contributed by atoms with Gasteiger partial charge in [0.15, 0.2) is 0 Å². The van der Waals surface area contributed by atoms with Crippen molar-refractivity contribution >= 4 is 17.9 Å². The molecule has 0 heterocycles. The highest BCUT2D eigenvalue weighted by atomic mass is 16.4. The van der Waals surface area contributed by atoms with Crippen LogP contribution in [0.2, 0.25) is 0 Å². The molecule has 0 bridgehead atoms. The van der Waals surface area contributed by atoms with Gasteiger partial charge in [-0.25, -0.2) is 4.79 Å². The van der Waals surface area contributed by atoms with E-state index >= 15 is 0 Å². The summed E-state index contributed by atoms with van der Waals surface area (Å²) in [6.07, 6.45) is 1.98. The van der Waals surface area contributed by atoms with Crippen molar-refractivity contribution in [1.29, 1.82) is 0 Å². The zero-order valence-corrected chi connectivity index (χ0v) is 8.73. The number of nitrogens with two attached hydrogens (primary N) is 1. The zero-order chi connectivity index (χ0) is 12.1. The molecule has 1 aliphatic rings. The van der Waals surface area contributed by atoms with Gasteiger partial charge in [0.1, 0.15) is 0 Å². The van der Waals surface area contributed by atoms with Gasteiger partial charge in [-0.1, -0.05) is 6.42 Å². The van der Waals surface area contributed by atoms with Gasteiger partial charge in [-0.15, -0.1) is 0 Å². The molecule has 16 heavy (non-hydrogen) atoms. The molecule has 0 aromatic carbocycles. The highest BCUT2D eigenvalue weighted by molar-refractivity contribution is 5.83. The molecule has 1 aliphatic carbocycles. The van der Waals surface area contributed by atoms with Gasteiger partial charge in [-0.3, -0.25) is 9.59 Å². The molecule has 0 radical (unpaired) electrons. The van der Waals surface area contributed by atoms with Gasteiger partial charge in [0.2, 0.25) is 5.91 Å². The number of amides is 3. The van der Waals surface area contributed by atoms with E-state index in [1.807, 2.05) is 0 Å². The summed E-state index contributed by atoms with van der Waals surface area (Å²) >= 11 is 0. The predicted molar refractivity (Wildman–Crippen MR) is 54.5 cm³/mol. The number of carboxylic acid groups (broad SMARTS) is 1. The van der Waals surface area contributed by atoms with Crippen LogP contribution in [-0.4, -0.2) is 35.6 Å². The third kappa shape index (κ3) is 3.41. The second-order valence-corrected chi connectivity index (χ2v) is 3.78. The Morgan fingerprint density at radius 1 is 1.31 bits per heavy atom. The lowest BCUT2D eigenvalue weighted by atomic mass is 10.0. The molecule has 0 aliphatic heterocycles. The highest BCUT2D eigenvalue weighted by Gasteiger charge is 2.33. The maximum absolute atomic E-state index is 11.2. The summed E-state index contributed by atoms with van der Waals surface area (Å²) < 4.78 is 0. The molecule has 1 fully saturated rings. The topological polar surface area (TPSA) is 122 Å². The van der Waals surface area contributed by atoms with Crippen LogP contribution >= 0.6 is 0 Å². The van der Waals surface area contributed by atoms with E-state index in [-0.39, 0.29) is 12.6 Å². The molecule has 0 aromatic rings. The first-order chi connectivity index (χ1) is 7.50. The average molecular weight is 229 g/mol. The number of primary amides is 1. The van der Waals surface area contributed by atoms with E-state index < -0.39 is 23.8 Å². The highest BCUT2D eigenvalue weighted by Crippen LogP contribution is 2.25. The lowest BCUT2D eigenvalue weighted by Gasteiger charge is -2.17. The van der Waals surface area contributed by atoms with Crippen molar-refractivity contribution in [2.24, 2.45) is 11.7 Å². The minimum Gasteiger partial charge on any atom is -0.481 e. The van der Waals surface area contributed by atoms with Crippen LogP contribution in [0, 0.1) is 5.92 Å². The van der Waals surface area contributed by atoms with Crippen LogP contribution in [0.4, 0.5) is 4.79 Å². The van der Waals surface area contributed by atoms with Crippen LogP contribution in [0.1, 0.15) is 19.3 Å². The number of carbonyl (C=O) groups excluding carboxylic acids is 2. The molecule has 0 spiro atoms. The fraction of sp³-hybridized carbons (Fsp3) is 0.667. The van der Waals surface area contributed by atoms with Crippen molar-refractivity contribution in [1.82, 2.24) is 10.6 Å². The number of carbonyl (C=O) groups is 3. The van der Waals surface area contributed by atoms with Crippen molar-refractivity contribution in [2.75, 3.05) is 6.54 Å². The standard InChI is InChI=1S/C9H15N3O4/c10-7(13)4-11-9(16)12-6-3-1-2-5(6)8(14)15/h5-6H,1-4H2,(H2,10,13)(H,14,15)(H2,11,12,16). The average Bonchev–Trinajstić information content (AvgIpc) is 2.62. The Bertz CT molecular complexity index is 305. The summed E-state index contributed by atoms with van der Waals surface area (Å²) in [6.45, 7) is -0.254. The third-order valence-corrected chi connectivity index (χ3v) is 2.57. The molecular formula is C9H15N3O4. The summed E-state index contributed by atoms with van der Waals surface area (Å²) in [4.78, 5) is 32.5.